The summed E-state index contributed by atoms with van der Waals surface area (Å²) in [5, 5.41) is 31.0. The standard InChI is InChI=1S/C29H39NO3/c1-28-12-10-24-23-8-6-18(11-13-31)14-20(23)7-9-25(24)26(28)17-21(27(28)32)15-19-4-3-5-22(16-19)29(2,30)33/h3-6,8,14,16,21,24-27,31-33H,7,9-13,15,17,30H2,1-2H3. The SMILES string of the molecule is CC(N)(O)c1cccc(CC2CC3C4CCc5cc(CCO)ccc5C4CCC3(C)C2O)c1. The predicted octanol–water partition coefficient (Wildman–Crippen LogP) is 4.03. The third kappa shape index (κ3) is 4.05. The lowest BCUT2D eigenvalue weighted by atomic mass is 9.55. The van der Waals surface area contributed by atoms with Crippen LogP contribution >= 0.6 is 0 Å². The first-order valence-corrected chi connectivity index (χ1v) is 12.7. The van der Waals surface area contributed by atoms with Crippen LogP contribution in [0.15, 0.2) is 42.5 Å². The fraction of sp³-hybridized carbons (Fsp3) is 0.586. The van der Waals surface area contributed by atoms with E-state index in [4.69, 9.17) is 5.73 Å². The summed E-state index contributed by atoms with van der Waals surface area (Å²) in [7, 11) is 0. The minimum Gasteiger partial charge on any atom is -0.396 e. The van der Waals surface area contributed by atoms with E-state index in [9.17, 15) is 15.3 Å². The van der Waals surface area contributed by atoms with Gasteiger partial charge in [-0.05, 0) is 109 Å². The molecule has 2 aromatic rings. The first kappa shape index (κ1) is 23.0. The van der Waals surface area contributed by atoms with E-state index < -0.39 is 5.72 Å². The first-order chi connectivity index (χ1) is 15.7. The van der Waals surface area contributed by atoms with Crippen molar-refractivity contribution in [1.82, 2.24) is 0 Å². The molecule has 0 amide bonds. The molecule has 2 saturated carbocycles. The Morgan fingerprint density at radius 2 is 1.94 bits per heavy atom. The summed E-state index contributed by atoms with van der Waals surface area (Å²) in [5.41, 5.74) is 10.7. The number of benzene rings is 2. The molecule has 4 nitrogen and oxygen atoms in total. The fourth-order valence-electron chi connectivity index (χ4n) is 7.58. The second-order valence-corrected chi connectivity index (χ2v) is 11.5. The van der Waals surface area contributed by atoms with Gasteiger partial charge >= 0.3 is 0 Å². The highest BCUT2D eigenvalue weighted by molar-refractivity contribution is 5.38. The van der Waals surface area contributed by atoms with Crippen molar-refractivity contribution in [3.63, 3.8) is 0 Å². The zero-order valence-electron chi connectivity index (χ0n) is 20.0. The second-order valence-electron chi connectivity index (χ2n) is 11.5. The van der Waals surface area contributed by atoms with Gasteiger partial charge in [0, 0.05) is 6.61 Å². The van der Waals surface area contributed by atoms with E-state index in [0.717, 1.165) is 49.7 Å². The molecule has 0 radical (unpaired) electrons. The Morgan fingerprint density at radius 3 is 2.70 bits per heavy atom. The molecule has 33 heavy (non-hydrogen) atoms. The largest absolute Gasteiger partial charge is 0.396 e. The van der Waals surface area contributed by atoms with Crippen LogP contribution in [0.4, 0.5) is 0 Å². The Morgan fingerprint density at radius 1 is 1.12 bits per heavy atom. The van der Waals surface area contributed by atoms with Gasteiger partial charge < -0.3 is 21.1 Å². The average Bonchev–Trinajstić information content (AvgIpc) is 3.04. The van der Waals surface area contributed by atoms with E-state index in [2.05, 4.69) is 31.2 Å². The monoisotopic (exact) mass is 449 g/mol. The van der Waals surface area contributed by atoms with E-state index in [1.54, 1.807) is 6.92 Å². The summed E-state index contributed by atoms with van der Waals surface area (Å²) >= 11 is 0. The molecule has 3 aliphatic rings. The number of aryl methyl sites for hydroxylation is 1. The van der Waals surface area contributed by atoms with Crippen LogP contribution in [-0.4, -0.2) is 28.0 Å². The van der Waals surface area contributed by atoms with Crippen LogP contribution in [0.2, 0.25) is 0 Å². The van der Waals surface area contributed by atoms with E-state index in [1.165, 1.54) is 23.1 Å². The number of hydrogen-bond acceptors (Lipinski definition) is 4. The Bertz CT molecular complexity index is 1010. The molecule has 0 saturated heterocycles. The predicted molar refractivity (Wildman–Crippen MR) is 131 cm³/mol. The van der Waals surface area contributed by atoms with Crippen LogP contribution in [0.25, 0.3) is 0 Å². The smallest absolute Gasteiger partial charge is 0.136 e. The molecule has 4 heteroatoms. The number of aliphatic hydroxyl groups excluding tert-OH is 2. The molecule has 178 valence electrons. The van der Waals surface area contributed by atoms with E-state index in [0.29, 0.717) is 17.8 Å². The lowest BCUT2D eigenvalue weighted by Crippen LogP contribution is -2.44. The molecule has 5 N–H and O–H groups in total. The molecular weight excluding hydrogens is 410 g/mol. The van der Waals surface area contributed by atoms with Gasteiger partial charge in [-0.25, -0.2) is 0 Å². The van der Waals surface area contributed by atoms with Gasteiger partial charge in [0.05, 0.1) is 6.10 Å². The van der Waals surface area contributed by atoms with E-state index >= 15 is 0 Å². The van der Waals surface area contributed by atoms with Crippen molar-refractivity contribution < 1.29 is 15.3 Å². The third-order valence-corrected chi connectivity index (χ3v) is 9.32. The van der Waals surface area contributed by atoms with Crippen LogP contribution in [0.5, 0.6) is 0 Å². The molecule has 7 unspecified atom stereocenters. The first-order valence-electron chi connectivity index (χ1n) is 12.7. The van der Waals surface area contributed by atoms with Gasteiger partial charge in [-0.1, -0.05) is 49.4 Å². The molecule has 7 atom stereocenters. The Kier molecular flexibility index (Phi) is 5.93. The van der Waals surface area contributed by atoms with Gasteiger partial charge in [-0.3, -0.25) is 0 Å². The topological polar surface area (TPSA) is 86.7 Å². The van der Waals surface area contributed by atoms with Crippen LogP contribution in [0, 0.1) is 23.2 Å². The maximum Gasteiger partial charge on any atom is 0.136 e. The van der Waals surface area contributed by atoms with Crippen molar-refractivity contribution in [2.24, 2.45) is 28.9 Å². The normalized spacial score (nSPS) is 34.8. The molecule has 0 spiro atoms. The van der Waals surface area contributed by atoms with Gasteiger partial charge in [0.1, 0.15) is 5.72 Å². The van der Waals surface area contributed by atoms with Crippen LogP contribution < -0.4 is 5.73 Å². The quantitative estimate of drug-likeness (QED) is 0.519. The third-order valence-electron chi connectivity index (χ3n) is 9.32. The van der Waals surface area contributed by atoms with Gasteiger partial charge in [0.25, 0.3) is 0 Å². The molecule has 2 aromatic carbocycles. The molecular formula is C29H39NO3. The summed E-state index contributed by atoms with van der Waals surface area (Å²) in [6, 6.07) is 14.8. The van der Waals surface area contributed by atoms with Crippen molar-refractivity contribution in [2.45, 2.75) is 76.5 Å². The molecule has 2 fully saturated rings. The molecule has 3 aliphatic carbocycles. The Hall–Kier alpha value is -1.72. The van der Waals surface area contributed by atoms with Crippen LogP contribution in [0.1, 0.15) is 73.3 Å². The molecule has 5 rings (SSSR count). The highest BCUT2D eigenvalue weighted by atomic mass is 16.3. The van der Waals surface area contributed by atoms with E-state index in [-0.39, 0.29) is 24.0 Å². The molecule has 0 aliphatic heterocycles. The zero-order valence-corrected chi connectivity index (χ0v) is 20.0. The summed E-state index contributed by atoms with van der Waals surface area (Å²) in [6.45, 7) is 4.15. The molecule has 0 aromatic heterocycles. The van der Waals surface area contributed by atoms with Crippen molar-refractivity contribution >= 4 is 0 Å². The minimum atomic E-state index is -1.34. The average molecular weight is 450 g/mol. The minimum absolute atomic E-state index is 0.0167. The van der Waals surface area contributed by atoms with Gasteiger partial charge in [-0.2, -0.15) is 0 Å². The second kappa shape index (κ2) is 8.49. The fourth-order valence-corrected chi connectivity index (χ4v) is 7.58. The Balaban J connectivity index is 1.37. The van der Waals surface area contributed by atoms with Crippen molar-refractivity contribution in [3.8, 4) is 0 Å². The molecule has 0 bridgehead atoms. The highest BCUT2D eigenvalue weighted by Crippen LogP contribution is 2.62. The van der Waals surface area contributed by atoms with Crippen molar-refractivity contribution in [1.29, 1.82) is 0 Å². The van der Waals surface area contributed by atoms with E-state index in [1.807, 2.05) is 18.2 Å². The highest BCUT2D eigenvalue weighted by Gasteiger charge is 2.57. The lowest BCUT2D eigenvalue weighted by molar-refractivity contribution is -0.0325. The lowest BCUT2D eigenvalue weighted by Gasteiger charge is -2.50. The van der Waals surface area contributed by atoms with Crippen LogP contribution in [0.3, 0.4) is 0 Å². The van der Waals surface area contributed by atoms with Gasteiger partial charge in [0.2, 0.25) is 0 Å². The summed E-state index contributed by atoms with van der Waals surface area (Å²) < 4.78 is 0. The van der Waals surface area contributed by atoms with Crippen molar-refractivity contribution in [2.75, 3.05) is 6.61 Å². The number of aliphatic hydroxyl groups is 3. The number of nitrogens with two attached hydrogens (primary N) is 1. The Labute approximate surface area is 197 Å². The number of fused-ring (bicyclic) bond motifs is 5. The van der Waals surface area contributed by atoms with Crippen LogP contribution in [-0.2, 0) is 25.0 Å². The van der Waals surface area contributed by atoms with Gasteiger partial charge in [-0.15, -0.1) is 0 Å². The maximum atomic E-state index is 11.5. The summed E-state index contributed by atoms with van der Waals surface area (Å²) in [6.07, 6.45) is 6.87. The van der Waals surface area contributed by atoms with Gasteiger partial charge in [0.15, 0.2) is 0 Å². The maximum absolute atomic E-state index is 11.5. The summed E-state index contributed by atoms with van der Waals surface area (Å²) in [5.74, 6) is 2.01. The number of rotatable bonds is 5. The summed E-state index contributed by atoms with van der Waals surface area (Å²) in [4.78, 5) is 0. The number of hydrogen-bond donors (Lipinski definition) is 4. The zero-order chi connectivity index (χ0) is 23.4. The van der Waals surface area contributed by atoms with Crippen molar-refractivity contribution in [3.05, 3.63) is 70.3 Å². The molecule has 0 heterocycles.